The molecule has 1 aromatic heterocycles. The number of rotatable bonds is 1. The standard InChI is InChI=1S/C10H8N2O3/c11-10(15)6-1-5-2-8(13)9(14)3-7(5)12-4-6/h1-4,13-14H,(H2,11,15). The first-order chi connectivity index (χ1) is 7.08. The summed E-state index contributed by atoms with van der Waals surface area (Å²) in [6, 6.07) is 4.14. The van der Waals surface area contributed by atoms with Crippen LogP contribution in [-0.2, 0) is 0 Å². The highest BCUT2D eigenvalue weighted by atomic mass is 16.3. The van der Waals surface area contributed by atoms with E-state index in [4.69, 9.17) is 5.73 Å². The van der Waals surface area contributed by atoms with Gasteiger partial charge < -0.3 is 15.9 Å². The Labute approximate surface area is 84.8 Å². The Balaban J connectivity index is 2.72. The predicted molar refractivity (Wildman–Crippen MR) is 53.6 cm³/mol. The fourth-order valence-electron chi connectivity index (χ4n) is 1.29. The monoisotopic (exact) mass is 204 g/mol. The van der Waals surface area contributed by atoms with Crippen molar-refractivity contribution in [1.29, 1.82) is 0 Å². The first kappa shape index (κ1) is 9.26. The van der Waals surface area contributed by atoms with Crippen LogP contribution in [0.2, 0.25) is 0 Å². The van der Waals surface area contributed by atoms with E-state index in [1.807, 2.05) is 0 Å². The van der Waals surface area contributed by atoms with Crippen LogP contribution >= 0.6 is 0 Å². The molecule has 5 heteroatoms. The summed E-state index contributed by atoms with van der Waals surface area (Å²) >= 11 is 0. The van der Waals surface area contributed by atoms with Gasteiger partial charge in [0.2, 0.25) is 5.91 Å². The van der Waals surface area contributed by atoms with Crippen LogP contribution in [0.25, 0.3) is 10.9 Å². The van der Waals surface area contributed by atoms with Crippen LogP contribution in [0.15, 0.2) is 24.4 Å². The number of nitrogens with zero attached hydrogens (tertiary/aromatic N) is 1. The number of aromatic hydroxyl groups is 2. The van der Waals surface area contributed by atoms with Gasteiger partial charge in [-0.3, -0.25) is 9.78 Å². The molecule has 0 saturated heterocycles. The molecule has 0 atom stereocenters. The molecular formula is C10H8N2O3. The van der Waals surface area contributed by atoms with Gasteiger partial charge >= 0.3 is 0 Å². The van der Waals surface area contributed by atoms with Crippen LogP contribution in [0.3, 0.4) is 0 Å². The maximum absolute atomic E-state index is 10.9. The van der Waals surface area contributed by atoms with Gasteiger partial charge in [0.05, 0.1) is 11.1 Å². The second-order valence-electron chi connectivity index (χ2n) is 3.12. The molecule has 2 aromatic rings. The zero-order valence-electron chi connectivity index (χ0n) is 7.64. The van der Waals surface area contributed by atoms with Gasteiger partial charge in [0.1, 0.15) is 0 Å². The number of benzene rings is 1. The molecule has 0 aliphatic rings. The lowest BCUT2D eigenvalue weighted by Gasteiger charge is -2.02. The van der Waals surface area contributed by atoms with E-state index in [0.717, 1.165) is 0 Å². The fourth-order valence-corrected chi connectivity index (χ4v) is 1.29. The summed E-state index contributed by atoms with van der Waals surface area (Å²) in [5.74, 6) is -1.09. The second-order valence-corrected chi connectivity index (χ2v) is 3.12. The van der Waals surface area contributed by atoms with E-state index in [-0.39, 0.29) is 17.1 Å². The van der Waals surface area contributed by atoms with Crippen LogP contribution < -0.4 is 5.73 Å². The summed E-state index contributed by atoms with van der Waals surface area (Å²) in [5, 5.41) is 19.0. The molecule has 1 amide bonds. The normalized spacial score (nSPS) is 10.4. The van der Waals surface area contributed by atoms with E-state index >= 15 is 0 Å². The number of fused-ring (bicyclic) bond motifs is 1. The molecule has 0 aliphatic heterocycles. The third kappa shape index (κ3) is 1.54. The van der Waals surface area contributed by atoms with Gasteiger partial charge in [-0.25, -0.2) is 0 Å². The summed E-state index contributed by atoms with van der Waals surface area (Å²) in [7, 11) is 0. The van der Waals surface area contributed by atoms with Gasteiger partial charge in [-0.15, -0.1) is 0 Å². The molecule has 4 N–H and O–H groups in total. The van der Waals surface area contributed by atoms with Crippen molar-refractivity contribution in [2.75, 3.05) is 0 Å². The number of carbonyl (C=O) groups excluding carboxylic acids is 1. The topological polar surface area (TPSA) is 96.4 Å². The number of nitrogens with two attached hydrogens (primary N) is 1. The minimum absolute atomic E-state index is 0.248. The van der Waals surface area contributed by atoms with Gasteiger partial charge in [0, 0.05) is 17.6 Å². The Morgan fingerprint density at radius 2 is 1.87 bits per heavy atom. The maximum atomic E-state index is 10.9. The highest BCUT2D eigenvalue weighted by Gasteiger charge is 2.06. The summed E-state index contributed by atoms with van der Waals surface area (Å²) in [6.07, 6.45) is 1.32. The molecule has 0 bridgehead atoms. The molecule has 0 radical (unpaired) electrons. The lowest BCUT2D eigenvalue weighted by molar-refractivity contribution is 0.1000. The molecule has 0 fully saturated rings. The Kier molecular flexibility index (Phi) is 1.93. The molecule has 0 spiro atoms. The third-order valence-electron chi connectivity index (χ3n) is 2.06. The van der Waals surface area contributed by atoms with Crippen molar-refractivity contribution in [2.45, 2.75) is 0 Å². The first-order valence-electron chi connectivity index (χ1n) is 4.19. The van der Waals surface area contributed by atoms with Crippen molar-refractivity contribution in [3.63, 3.8) is 0 Å². The number of phenolic OH excluding ortho intramolecular Hbond substituents is 2. The molecule has 0 aliphatic carbocycles. The minimum Gasteiger partial charge on any atom is -0.504 e. The van der Waals surface area contributed by atoms with Crippen LogP contribution in [-0.4, -0.2) is 21.1 Å². The predicted octanol–water partition coefficient (Wildman–Crippen LogP) is 0.745. The highest BCUT2D eigenvalue weighted by Crippen LogP contribution is 2.29. The van der Waals surface area contributed by atoms with Crippen molar-refractivity contribution in [1.82, 2.24) is 4.98 Å². The van der Waals surface area contributed by atoms with E-state index in [1.165, 1.54) is 24.4 Å². The van der Waals surface area contributed by atoms with Gasteiger partial charge in [0.15, 0.2) is 11.5 Å². The number of hydrogen-bond donors (Lipinski definition) is 3. The van der Waals surface area contributed by atoms with Crippen molar-refractivity contribution < 1.29 is 15.0 Å². The average Bonchev–Trinajstić information content (AvgIpc) is 2.19. The lowest BCUT2D eigenvalue weighted by Crippen LogP contribution is -2.10. The van der Waals surface area contributed by atoms with E-state index < -0.39 is 5.91 Å². The van der Waals surface area contributed by atoms with E-state index in [2.05, 4.69) is 4.98 Å². The summed E-state index contributed by atoms with van der Waals surface area (Å²) in [5.41, 5.74) is 5.82. The van der Waals surface area contributed by atoms with Crippen LogP contribution in [0.4, 0.5) is 0 Å². The molecule has 15 heavy (non-hydrogen) atoms. The molecule has 1 aromatic carbocycles. The quantitative estimate of drug-likeness (QED) is 0.597. The number of primary amides is 1. The first-order valence-corrected chi connectivity index (χ1v) is 4.19. The Hall–Kier alpha value is -2.30. The summed E-state index contributed by atoms with van der Waals surface area (Å²) < 4.78 is 0. The van der Waals surface area contributed by atoms with E-state index in [0.29, 0.717) is 10.9 Å². The molecule has 0 unspecified atom stereocenters. The Morgan fingerprint density at radius 3 is 2.53 bits per heavy atom. The number of phenols is 2. The largest absolute Gasteiger partial charge is 0.504 e. The van der Waals surface area contributed by atoms with Crippen molar-refractivity contribution in [3.8, 4) is 11.5 Å². The van der Waals surface area contributed by atoms with Crippen LogP contribution in [0.1, 0.15) is 10.4 Å². The Morgan fingerprint density at radius 1 is 1.20 bits per heavy atom. The molecule has 76 valence electrons. The average molecular weight is 204 g/mol. The number of aromatic nitrogens is 1. The van der Waals surface area contributed by atoms with E-state index in [9.17, 15) is 15.0 Å². The fraction of sp³-hybridized carbons (Fsp3) is 0. The highest BCUT2D eigenvalue weighted by molar-refractivity contribution is 5.96. The number of hydrogen-bond acceptors (Lipinski definition) is 4. The van der Waals surface area contributed by atoms with Gasteiger partial charge in [-0.2, -0.15) is 0 Å². The second kappa shape index (κ2) is 3.13. The van der Waals surface area contributed by atoms with Gasteiger partial charge in [0.25, 0.3) is 0 Å². The van der Waals surface area contributed by atoms with Gasteiger partial charge in [-0.1, -0.05) is 0 Å². The summed E-state index contributed by atoms with van der Waals surface area (Å²) in [6.45, 7) is 0. The van der Waals surface area contributed by atoms with Crippen molar-refractivity contribution >= 4 is 16.8 Å². The van der Waals surface area contributed by atoms with Gasteiger partial charge in [-0.05, 0) is 12.1 Å². The molecular weight excluding hydrogens is 196 g/mol. The third-order valence-corrected chi connectivity index (χ3v) is 2.06. The summed E-state index contributed by atoms with van der Waals surface area (Å²) in [4.78, 5) is 14.8. The zero-order chi connectivity index (χ0) is 11.0. The Bertz CT molecular complexity index is 552. The number of amides is 1. The minimum atomic E-state index is -0.586. The number of pyridine rings is 1. The molecule has 2 rings (SSSR count). The lowest BCUT2D eigenvalue weighted by atomic mass is 10.1. The van der Waals surface area contributed by atoms with Crippen LogP contribution in [0.5, 0.6) is 11.5 Å². The molecule has 0 saturated carbocycles. The zero-order valence-corrected chi connectivity index (χ0v) is 7.64. The smallest absolute Gasteiger partial charge is 0.250 e. The molecule has 5 nitrogen and oxygen atoms in total. The van der Waals surface area contributed by atoms with E-state index in [1.54, 1.807) is 0 Å². The van der Waals surface area contributed by atoms with Crippen LogP contribution in [0, 0.1) is 0 Å². The SMILES string of the molecule is NC(=O)c1cnc2cc(O)c(O)cc2c1. The number of carbonyl (C=O) groups is 1. The van der Waals surface area contributed by atoms with Crippen molar-refractivity contribution in [3.05, 3.63) is 30.0 Å². The maximum Gasteiger partial charge on any atom is 0.250 e. The molecule has 1 heterocycles. The van der Waals surface area contributed by atoms with Crippen molar-refractivity contribution in [2.24, 2.45) is 5.73 Å².